The van der Waals surface area contributed by atoms with E-state index in [1.165, 1.54) is 16.7 Å². The molecule has 25 heavy (non-hydrogen) atoms. The minimum atomic E-state index is 0.0978. The number of guanidine groups is 1. The Labute approximate surface area is 152 Å². The van der Waals surface area contributed by atoms with Gasteiger partial charge in [0.15, 0.2) is 5.96 Å². The van der Waals surface area contributed by atoms with E-state index in [-0.39, 0.29) is 11.6 Å². The maximum absolute atomic E-state index is 6.04. The van der Waals surface area contributed by atoms with Crippen LogP contribution in [0.3, 0.4) is 0 Å². The van der Waals surface area contributed by atoms with E-state index in [9.17, 15) is 0 Å². The Balaban J connectivity index is 1.94. The first-order valence-electron chi connectivity index (χ1n) is 9.19. The topological polar surface area (TPSA) is 48.9 Å². The molecular formula is C20H34N4O. The van der Waals surface area contributed by atoms with Crippen LogP contribution >= 0.6 is 0 Å². The molecule has 1 aliphatic rings. The zero-order chi connectivity index (χ0) is 18.4. The lowest BCUT2D eigenvalue weighted by Crippen LogP contribution is -2.50. The van der Waals surface area contributed by atoms with Crippen molar-refractivity contribution in [2.45, 2.75) is 46.3 Å². The molecule has 0 bridgehead atoms. The number of aliphatic imine (C=N–C) groups is 1. The first-order valence-corrected chi connectivity index (χ1v) is 9.19. The van der Waals surface area contributed by atoms with Gasteiger partial charge in [0.1, 0.15) is 6.10 Å². The molecule has 1 unspecified atom stereocenters. The number of nitrogens with one attached hydrogen (secondary N) is 2. The normalized spacial score (nSPS) is 19.2. The molecule has 1 aliphatic heterocycles. The summed E-state index contributed by atoms with van der Waals surface area (Å²) in [6, 6.07) is 6.58. The third-order valence-electron chi connectivity index (χ3n) is 4.41. The molecule has 1 aromatic rings. The van der Waals surface area contributed by atoms with Gasteiger partial charge >= 0.3 is 0 Å². The molecule has 2 N–H and O–H groups in total. The minimum Gasteiger partial charge on any atom is -0.370 e. The van der Waals surface area contributed by atoms with Crippen molar-refractivity contribution >= 4 is 5.96 Å². The van der Waals surface area contributed by atoms with Crippen molar-refractivity contribution in [1.82, 2.24) is 15.5 Å². The van der Waals surface area contributed by atoms with Crippen molar-refractivity contribution in [3.63, 3.8) is 0 Å². The highest BCUT2D eigenvalue weighted by atomic mass is 16.5. The van der Waals surface area contributed by atoms with Crippen LogP contribution in [0, 0.1) is 13.8 Å². The molecule has 2 rings (SSSR count). The number of hydrogen-bond acceptors (Lipinski definition) is 3. The molecule has 0 radical (unpaired) electrons. The molecule has 0 saturated carbocycles. The Hall–Kier alpha value is -1.59. The fraction of sp³-hybridized carbons (Fsp3) is 0.650. The fourth-order valence-corrected chi connectivity index (χ4v) is 3.16. The van der Waals surface area contributed by atoms with Crippen molar-refractivity contribution in [3.05, 3.63) is 34.9 Å². The van der Waals surface area contributed by atoms with E-state index in [1.807, 2.05) is 7.05 Å². The van der Waals surface area contributed by atoms with Crippen molar-refractivity contribution in [1.29, 1.82) is 0 Å². The lowest BCUT2D eigenvalue weighted by atomic mass is 10.00. The first kappa shape index (κ1) is 19.7. The summed E-state index contributed by atoms with van der Waals surface area (Å²) in [6.07, 6.45) is 0.0978. The van der Waals surface area contributed by atoms with Gasteiger partial charge in [0.25, 0.3) is 0 Å². The minimum absolute atomic E-state index is 0.0978. The maximum Gasteiger partial charge on any atom is 0.193 e. The summed E-state index contributed by atoms with van der Waals surface area (Å²) in [7, 11) is 1.85. The first-order chi connectivity index (χ1) is 11.8. The number of aryl methyl sites for hydroxylation is 2. The van der Waals surface area contributed by atoms with Crippen molar-refractivity contribution in [2.75, 3.05) is 39.8 Å². The van der Waals surface area contributed by atoms with Gasteiger partial charge in [-0.1, -0.05) is 23.8 Å². The molecule has 0 amide bonds. The van der Waals surface area contributed by atoms with E-state index in [2.05, 4.69) is 73.3 Å². The van der Waals surface area contributed by atoms with Crippen LogP contribution in [0.25, 0.3) is 0 Å². The molecule has 1 saturated heterocycles. The smallest absolute Gasteiger partial charge is 0.193 e. The summed E-state index contributed by atoms with van der Waals surface area (Å²) in [5.74, 6) is 0.953. The highest BCUT2D eigenvalue weighted by Gasteiger charge is 2.25. The van der Waals surface area contributed by atoms with Gasteiger partial charge < -0.3 is 20.3 Å². The van der Waals surface area contributed by atoms with Gasteiger partial charge in [0.2, 0.25) is 0 Å². The Morgan fingerprint density at radius 2 is 2.04 bits per heavy atom. The van der Waals surface area contributed by atoms with Gasteiger partial charge in [-0.3, -0.25) is 4.99 Å². The van der Waals surface area contributed by atoms with Crippen LogP contribution in [0.4, 0.5) is 0 Å². The number of hydrogen-bond donors (Lipinski definition) is 2. The van der Waals surface area contributed by atoms with Crippen LogP contribution < -0.4 is 10.6 Å². The predicted octanol–water partition coefficient (Wildman–Crippen LogP) is 2.64. The summed E-state index contributed by atoms with van der Waals surface area (Å²) >= 11 is 0. The number of ether oxygens (including phenoxy) is 1. The van der Waals surface area contributed by atoms with Crippen molar-refractivity contribution in [2.24, 2.45) is 4.99 Å². The second-order valence-electron chi connectivity index (χ2n) is 7.82. The molecule has 140 valence electrons. The van der Waals surface area contributed by atoms with Crippen LogP contribution in [-0.4, -0.2) is 56.2 Å². The molecule has 1 atom stereocenters. The van der Waals surface area contributed by atoms with Gasteiger partial charge in [0, 0.05) is 32.2 Å². The summed E-state index contributed by atoms with van der Waals surface area (Å²) in [4.78, 5) is 6.75. The number of rotatable bonds is 4. The van der Waals surface area contributed by atoms with Crippen LogP contribution in [-0.2, 0) is 4.74 Å². The largest absolute Gasteiger partial charge is 0.370 e. The predicted molar refractivity (Wildman–Crippen MR) is 105 cm³/mol. The van der Waals surface area contributed by atoms with E-state index < -0.39 is 0 Å². The van der Waals surface area contributed by atoms with Gasteiger partial charge in [-0.05, 0) is 45.7 Å². The Bertz CT molecular complexity index is 592. The van der Waals surface area contributed by atoms with Gasteiger partial charge in [0.05, 0.1) is 13.2 Å². The quantitative estimate of drug-likeness (QED) is 0.500. The molecule has 1 fully saturated rings. The molecular weight excluding hydrogens is 312 g/mol. The molecule has 0 aliphatic carbocycles. The molecule has 1 heterocycles. The average molecular weight is 347 g/mol. The third-order valence-corrected chi connectivity index (χ3v) is 4.41. The summed E-state index contributed by atoms with van der Waals surface area (Å²) in [6.45, 7) is 15.0. The van der Waals surface area contributed by atoms with E-state index in [0.29, 0.717) is 0 Å². The highest BCUT2D eigenvalue weighted by Crippen LogP contribution is 2.25. The number of benzene rings is 1. The summed E-state index contributed by atoms with van der Waals surface area (Å²) in [5, 5.41) is 6.96. The molecule has 0 aromatic heterocycles. The zero-order valence-electron chi connectivity index (χ0n) is 16.6. The lowest BCUT2D eigenvalue weighted by Gasteiger charge is -2.36. The van der Waals surface area contributed by atoms with Gasteiger partial charge in [-0.2, -0.15) is 0 Å². The second kappa shape index (κ2) is 8.68. The van der Waals surface area contributed by atoms with Crippen LogP contribution in [0.15, 0.2) is 23.2 Å². The summed E-state index contributed by atoms with van der Waals surface area (Å²) in [5.41, 5.74) is 4.00. The Morgan fingerprint density at radius 3 is 2.68 bits per heavy atom. The van der Waals surface area contributed by atoms with Gasteiger partial charge in [-0.25, -0.2) is 0 Å². The maximum atomic E-state index is 6.04. The Kier molecular flexibility index (Phi) is 6.85. The van der Waals surface area contributed by atoms with E-state index >= 15 is 0 Å². The second-order valence-corrected chi connectivity index (χ2v) is 7.82. The SMILES string of the molecule is CN=C(NCCNC(C)(C)C)N1CCOC(c2ccc(C)cc2C)C1. The standard InChI is InChI=1S/C20H34N4O/c1-15-7-8-17(16(2)13-15)18-14-24(11-12-25-18)19(21-6)22-9-10-23-20(3,4)5/h7-8,13,18,23H,9-12,14H2,1-6H3,(H,21,22). The molecule has 5 nitrogen and oxygen atoms in total. The lowest BCUT2D eigenvalue weighted by molar-refractivity contribution is -0.00830. The van der Waals surface area contributed by atoms with E-state index in [1.54, 1.807) is 0 Å². The highest BCUT2D eigenvalue weighted by molar-refractivity contribution is 5.80. The molecule has 1 aromatic carbocycles. The fourth-order valence-electron chi connectivity index (χ4n) is 3.16. The van der Waals surface area contributed by atoms with E-state index in [0.717, 1.165) is 38.7 Å². The zero-order valence-corrected chi connectivity index (χ0v) is 16.6. The van der Waals surface area contributed by atoms with E-state index in [4.69, 9.17) is 4.74 Å². The van der Waals surface area contributed by atoms with Crippen LogP contribution in [0.5, 0.6) is 0 Å². The number of morpholine rings is 1. The average Bonchev–Trinajstić information content (AvgIpc) is 2.54. The summed E-state index contributed by atoms with van der Waals surface area (Å²) < 4.78 is 6.04. The van der Waals surface area contributed by atoms with Crippen LogP contribution in [0.2, 0.25) is 0 Å². The molecule has 5 heteroatoms. The van der Waals surface area contributed by atoms with Crippen molar-refractivity contribution in [3.8, 4) is 0 Å². The number of nitrogens with zero attached hydrogens (tertiary/aromatic N) is 2. The molecule has 0 spiro atoms. The Morgan fingerprint density at radius 1 is 1.28 bits per heavy atom. The van der Waals surface area contributed by atoms with Crippen LogP contribution in [0.1, 0.15) is 43.6 Å². The third kappa shape index (κ3) is 6.01. The monoisotopic (exact) mass is 346 g/mol. The van der Waals surface area contributed by atoms with Gasteiger partial charge in [-0.15, -0.1) is 0 Å². The van der Waals surface area contributed by atoms with Crippen molar-refractivity contribution < 1.29 is 4.74 Å².